The molecule has 0 spiro atoms. The zero-order valence-electron chi connectivity index (χ0n) is 11.8. The van der Waals surface area contributed by atoms with Gasteiger partial charge in [0, 0.05) is 23.5 Å². The molecule has 106 valence electrons. The normalized spacial score (nSPS) is 20.7. The first kappa shape index (κ1) is 13.9. The van der Waals surface area contributed by atoms with Crippen LogP contribution in [0.15, 0.2) is 12.4 Å². The van der Waals surface area contributed by atoms with Crippen LogP contribution in [0.3, 0.4) is 0 Å². The van der Waals surface area contributed by atoms with Gasteiger partial charge in [-0.15, -0.1) is 0 Å². The number of halogens is 1. The number of fused-ring (bicyclic) bond motifs is 1. The van der Waals surface area contributed by atoms with Crippen molar-refractivity contribution in [2.24, 2.45) is 5.41 Å². The van der Waals surface area contributed by atoms with Gasteiger partial charge in [-0.2, -0.15) is 0 Å². The summed E-state index contributed by atoms with van der Waals surface area (Å²) in [5.74, 6) is 0.674. The quantitative estimate of drug-likeness (QED) is 0.922. The largest absolute Gasteiger partial charge is 0.313 e. The van der Waals surface area contributed by atoms with Gasteiger partial charge in [-0.1, -0.05) is 36.8 Å². The van der Waals surface area contributed by atoms with Crippen LogP contribution < -0.4 is 5.32 Å². The van der Waals surface area contributed by atoms with Crippen molar-refractivity contribution in [1.82, 2.24) is 20.3 Å². The summed E-state index contributed by atoms with van der Waals surface area (Å²) in [5.41, 5.74) is 2.57. The van der Waals surface area contributed by atoms with Crippen LogP contribution in [0.4, 0.5) is 0 Å². The third-order valence-electron chi connectivity index (χ3n) is 3.70. The molecule has 0 fully saturated rings. The third kappa shape index (κ3) is 2.57. The molecule has 0 radical (unpaired) electrons. The van der Waals surface area contributed by atoms with Gasteiger partial charge in [-0.25, -0.2) is 15.0 Å². The topological polar surface area (TPSA) is 50.7 Å². The highest BCUT2D eigenvalue weighted by Crippen LogP contribution is 2.40. The highest BCUT2D eigenvalue weighted by molar-refractivity contribution is 7.18. The highest BCUT2D eigenvalue weighted by Gasteiger charge is 2.33. The number of aromatic nitrogens is 3. The summed E-state index contributed by atoms with van der Waals surface area (Å²) in [6, 6.07) is 0.322. The molecule has 3 rings (SSSR count). The Morgan fingerprint density at radius 1 is 1.35 bits per heavy atom. The number of hydrogen-bond acceptors (Lipinski definition) is 5. The second-order valence-electron chi connectivity index (χ2n) is 5.95. The number of hydrogen-bond donors (Lipinski definition) is 1. The van der Waals surface area contributed by atoms with Crippen molar-refractivity contribution >= 4 is 22.9 Å². The zero-order valence-corrected chi connectivity index (χ0v) is 13.3. The Morgan fingerprint density at radius 3 is 2.80 bits per heavy atom. The van der Waals surface area contributed by atoms with Crippen LogP contribution in [-0.2, 0) is 6.42 Å². The average Bonchev–Trinajstić information content (AvgIpc) is 2.82. The van der Waals surface area contributed by atoms with Gasteiger partial charge in [0.25, 0.3) is 0 Å². The summed E-state index contributed by atoms with van der Waals surface area (Å²) in [6.45, 7) is 4.56. The van der Waals surface area contributed by atoms with Crippen molar-refractivity contribution in [3.05, 3.63) is 28.0 Å². The first-order valence-corrected chi connectivity index (χ1v) is 7.83. The molecule has 1 aliphatic rings. The molecular formula is C14H17ClN4S. The standard InChI is InChI=1S/C14H17ClN4S/c1-14(2)4-9(16-3)8-6-17-12(19-10(8)5-14)13-18-7-11(15)20-13/h6-7,9,16H,4-5H2,1-3H3. The summed E-state index contributed by atoms with van der Waals surface area (Å²) < 4.78 is 0.662. The van der Waals surface area contributed by atoms with Crippen molar-refractivity contribution < 1.29 is 0 Å². The minimum Gasteiger partial charge on any atom is -0.313 e. The van der Waals surface area contributed by atoms with Crippen molar-refractivity contribution in [2.45, 2.75) is 32.7 Å². The van der Waals surface area contributed by atoms with Gasteiger partial charge in [-0.05, 0) is 25.3 Å². The Kier molecular flexibility index (Phi) is 3.52. The fourth-order valence-electron chi connectivity index (χ4n) is 2.77. The second kappa shape index (κ2) is 5.06. The molecule has 1 aliphatic carbocycles. The van der Waals surface area contributed by atoms with E-state index in [1.807, 2.05) is 13.2 Å². The van der Waals surface area contributed by atoms with Gasteiger partial charge < -0.3 is 5.32 Å². The van der Waals surface area contributed by atoms with E-state index in [9.17, 15) is 0 Å². The third-order valence-corrected chi connectivity index (χ3v) is 4.81. The van der Waals surface area contributed by atoms with Gasteiger partial charge in [0.2, 0.25) is 0 Å². The molecule has 0 saturated heterocycles. The smallest absolute Gasteiger partial charge is 0.188 e. The highest BCUT2D eigenvalue weighted by atomic mass is 35.5. The molecule has 4 nitrogen and oxygen atoms in total. The SMILES string of the molecule is CNC1CC(C)(C)Cc2nc(-c3ncc(Cl)s3)ncc21. The summed E-state index contributed by atoms with van der Waals surface area (Å²) >= 11 is 7.35. The Hall–Kier alpha value is -1.04. The lowest BCUT2D eigenvalue weighted by Crippen LogP contribution is -2.32. The van der Waals surface area contributed by atoms with Crippen LogP contribution in [0.2, 0.25) is 4.34 Å². The van der Waals surface area contributed by atoms with Crippen LogP contribution in [0, 0.1) is 5.41 Å². The van der Waals surface area contributed by atoms with Gasteiger partial charge in [0.15, 0.2) is 10.8 Å². The fourth-order valence-corrected chi connectivity index (χ4v) is 3.62. The van der Waals surface area contributed by atoms with E-state index in [1.54, 1.807) is 6.20 Å². The lowest BCUT2D eigenvalue weighted by atomic mass is 9.74. The van der Waals surface area contributed by atoms with Crippen LogP contribution >= 0.6 is 22.9 Å². The van der Waals surface area contributed by atoms with E-state index in [0.29, 0.717) is 16.2 Å². The van der Waals surface area contributed by atoms with Crippen LogP contribution in [-0.4, -0.2) is 22.0 Å². The van der Waals surface area contributed by atoms with E-state index in [0.717, 1.165) is 23.5 Å². The van der Waals surface area contributed by atoms with E-state index in [4.69, 9.17) is 16.6 Å². The first-order valence-electron chi connectivity index (χ1n) is 6.63. The van der Waals surface area contributed by atoms with Gasteiger partial charge in [0.05, 0.1) is 6.20 Å². The van der Waals surface area contributed by atoms with Crippen LogP contribution in [0.25, 0.3) is 10.8 Å². The van der Waals surface area contributed by atoms with Gasteiger partial charge in [0.1, 0.15) is 4.34 Å². The predicted octanol–water partition coefficient (Wildman–Crippen LogP) is 3.49. The molecule has 0 amide bonds. The molecule has 0 aliphatic heterocycles. The maximum absolute atomic E-state index is 5.94. The lowest BCUT2D eigenvalue weighted by molar-refractivity contribution is 0.260. The van der Waals surface area contributed by atoms with Crippen molar-refractivity contribution in [3.8, 4) is 10.8 Å². The van der Waals surface area contributed by atoms with E-state index >= 15 is 0 Å². The Labute approximate surface area is 127 Å². The average molecular weight is 309 g/mol. The summed E-state index contributed by atoms with van der Waals surface area (Å²) in [6.07, 6.45) is 5.64. The molecule has 2 aromatic heterocycles. The fraction of sp³-hybridized carbons (Fsp3) is 0.500. The summed E-state index contributed by atoms with van der Waals surface area (Å²) in [7, 11) is 1.99. The molecule has 0 aromatic carbocycles. The number of rotatable bonds is 2. The van der Waals surface area contributed by atoms with E-state index < -0.39 is 0 Å². The van der Waals surface area contributed by atoms with Gasteiger partial charge in [-0.3, -0.25) is 0 Å². The molecule has 6 heteroatoms. The monoisotopic (exact) mass is 308 g/mol. The molecule has 20 heavy (non-hydrogen) atoms. The first-order chi connectivity index (χ1) is 9.48. The number of nitrogens with zero attached hydrogens (tertiary/aromatic N) is 3. The van der Waals surface area contributed by atoms with Gasteiger partial charge >= 0.3 is 0 Å². The Morgan fingerprint density at radius 2 is 2.15 bits per heavy atom. The molecule has 0 saturated carbocycles. The summed E-state index contributed by atoms with van der Waals surface area (Å²) in [5, 5.41) is 4.14. The molecular weight excluding hydrogens is 292 g/mol. The molecule has 2 aromatic rings. The maximum Gasteiger partial charge on any atom is 0.188 e. The zero-order chi connectivity index (χ0) is 14.3. The molecule has 1 N–H and O–H groups in total. The maximum atomic E-state index is 5.94. The molecule has 1 unspecified atom stereocenters. The van der Waals surface area contributed by atoms with E-state index in [2.05, 4.69) is 29.1 Å². The molecule has 2 heterocycles. The number of nitrogens with one attached hydrogen (secondary N) is 1. The Balaban J connectivity index is 2.04. The predicted molar refractivity (Wildman–Crippen MR) is 82.1 cm³/mol. The van der Waals surface area contributed by atoms with E-state index in [1.165, 1.54) is 16.9 Å². The second-order valence-corrected chi connectivity index (χ2v) is 7.61. The van der Waals surface area contributed by atoms with Crippen LogP contribution in [0.1, 0.15) is 37.6 Å². The van der Waals surface area contributed by atoms with E-state index in [-0.39, 0.29) is 5.41 Å². The number of thiazole rings is 1. The van der Waals surface area contributed by atoms with Crippen molar-refractivity contribution in [3.63, 3.8) is 0 Å². The molecule has 0 bridgehead atoms. The molecule has 1 atom stereocenters. The Bertz CT molecular complexity index is 638. The summed E-state index contributed by atoms with van der Waals surface area (Å²) in [4.78, 5) is 13.4. The van der Waals surface area contributed by atoms with Crippen molar-refractivity contribution in [1.29, 1.82) is 0 Å². The minimum atomic E-state index is 0.243. The lowest BCUT2D eigenvalue weighted by Gasteiger charge is -2.36. The van der Waals surface area contributed by atoms with Crippen molar-refractivity contribution in [2.75, 3.05) is 7.05 Å². The minimum absolute atomic E-state index is 0.243. The van der Waals surface area contributed by atoms with Crippen LogP contribution in [0.5, 0.6) is 0 Å².